The standard InChI is InChI=1S/C20H25NO3/c1-14(6-7-15-8-10-18(22)11-9-15)21-17-12-16-4-3-5-19(23-2)20(16)24-13-17/h3-5,8-11,14,17,21-22H,6-7,12-13H2,1-2H3/t14-,17+/m0/s1. The monoisotopic (exact) mass is 327 g/mol. The number of benzene rings is 2. The van der Waals surface area contributed by atoms with Gasteiger partial charge < -0.3 is 19.9 Å². The zero-order valence-corrected chi connectivity index (χ0v) is 14.3. The van der Waals surface area contributed by atoms with Gasteiger partial charge in [0.25, 0.3) is 0 Å². The van der Waals surface area contributed by atoms with Crippen molar-refractivity contribution in [3.63, 3.8) is 0 Å². The molecule has 0 aromatic heterocycles. The van der Waals surface area contributed by atoms with E-state index in [1.165, 1.54) is 11.1 Å². The van der Waals surface area contributed by atoms with Crippen molar-refractivity contribution in [2.75, 3.05) is 13.7 Å². The lowest BCUT2D eigenvalue weighted by atomic mass is 10.00. The molecule has 1 aliphatic heterocycles. The average Bonchev–Trinajstić information content (AvgIpc) is 2.60. The Balaban J connectivity index is 1.52. The van der Waals surface area contributed by atoms with Gasteiger partial charge in [0.15, 0.2) is 11.5 Å². The van der Waals surface area contributed by atoms with Crippen LogP contribution in [0.3, 0.4) is 0 Å². The second kappa shape index (κ2) is 7.58. The van der Waals surface area contributed by atoms with Crippen LogP contribution in [0.15, 0.2) is 42.5 Å². The summed E-state index contributed by atoms with van der Waals surface area (Å²) in [5.41, 5.74) is 2.44. The summed E-state index contributed by atoms with van der Waals surface area (Å²) in [7, 11) is 1.68. The van der Waals surface area contributed by atoms with E-state index in [-0.39, 0.29) is 0 Å². The lowest BCUT2D eigenvalue weighted by Gasteiger charge is -2.29. The van der Waals surface area contributed by atoms with Crippen molar-refractivity contribution in [3.05, 3.63) is 53.6 Å². The van der Waals surface area contributed by atoms with Crippen molar-refractivity contribution in [2.24, 2.45) is 0 Å². The van der Waals surface area contributed by atoms with Crippen LogP contribution in [0.2, 0.25) is 0 Å². The highest BCUT2D eigenvalue weighted by Crippen LogP contribution is 2.34. The van der Waals surface area contributed by atoms with Crippen molar-refractivity contribution in [2.45, 2.75) is 38.3 Å². The maximum Gasteiger partial charge on any atom is 0.164 e. The molecule has 2 aromatic rings. The zero-order valence-electron chi connectivity index (χ0n) is 14.3. The average molecular weight is 327 g/mol. The largest absolute Gasteiger partial charge is 0.508 e. The normalized spacial score (nSPS) is 17.7. The summed E-state index contributed by atoms with van der Waals surface area (Å²) in [5, 5.41) is 13.0. The van der Waals surface area contributed by atoms with Crippen LogP contribution < -0.4 is 14.8 Å². The van der Waals surface area contributed by atoms with Crippen LogP contribution >= 0.6 is 0 Å². The van der Waals surface area contributed by atoms with Crippen LogP contribution in [0.5, 0.6) is 17.2 Å². The molecule has 1 aliphatic rings. The molecular weight excluding hydrogens is 302 g/mol. The molecule has 2 N–H and O–H groups in total. The topological polar surface area (TPSA) is 50.7 Å². The fourth-order valence-electron chi connectivity index (χ4n) is 3.19. The van der Waals surface area contributed by atoms with Gasteiger partial charge in [-0.2, -0.15) is 0 Å². The van der Waals surface area contributed by atoms with Crippen molar-refractivity contribution < 1.29 is 14.6 Å². The van der Waals surface area contributed by atoms with Gasteiger partial charge in [-0.25, -0.2) is 0 Å². The molecule has 0 fully saturated rings. The molecular formula is C20H25NO3. The Kier molecular flexibility index (Phi) is 5.26. The van der Waals surface area contributed by atoms with E-state index in [0.717, 1.165) is 30.8 Å². The van der Waals surface area contributed by atoms with E-state index in [9.17, 15) is 5.11 Å². The second-order valence-electron chi connectivity index (χ2n) is 6.43. The number of hydrogen-bond acceptors (Lipinski definition) is 4. The molecule has 4 heteroatoms. The van der Waals surface area contributed by atoms with Crippen LogP contribution in [0.25, 0.3) is 0 Å². The van der Waals surface area contributed by atoms with Crippen molar-refractivity contribution >= 4 is 0 Å². The molecule has 0 unspecified atom stereocenters. The van der Waals surface area contributed by atoms with Gasteiger partial charge in [-0.05, 0) is 55.5 Å². The minimum Gasteiger partial charge on any atom is -0.508 e. The smallest absolute Gasteiger partial charge is 0.164 e. The highest BCUT2D eigenvalue weighted by Gasteiger charge is 2.23. The number of rotatable bonds is 6. The molecule has 0 bridgehead atoms. The third-order valence-electron chi connectivity index (χ3n) is 4.50. The minimum atomic E-state index is 0.318. The fraction of sp³-hybridized carbons (Fsp3) is 0.400. The maximum atomic E-state index is 9.33. The first-order chi connectivity index (χ1) is 11.7. The van der Waals surface area contributed by atoms with Crippen LogP contribution in [-0.2, 0) is 12.8 Å². The molecule has 0 amide bonds. The van der Waals surface area contributed by atoms with Gasteiger partial charge in [0.1, 0.15) is 12.4 Å². The Labute approximate surface area is 143 Å². The molecule has 0 saturated carbocycles. The molecule has 0 spiro atoms. The van der Waals surface area contributed by atoms with Crippen LogP contribution in [0, 0.1) is 0 Å². The SMILES string of the molecule is COc1cccc2c1OC[C@H](N[C@@H](C)CCc1ccc(O)cc1)C2. The molecule has 2 aromatic carbocycles. The number of para-hydroxylation sites is 1. The zero-order chi connectivity index (χ0) is 16.9. The van der Waals surface area contributed by atoms with Gasteiger partial charge in [-0.15, -0.1) is 0 Å². The van der Waals surface area contributed by atoms with Crippen molar-refractivity contribution in [1.82, 2.24) is 5.32 Å². The molecule has 0 radical (unpaired) electrons. The minimum absolute atomic E-state index is 0.318. The molecule has 24 heavy (non-hydrogen) atoms. The van der Waals surface area contributed by atoms with E-state index in [0.29, 0.717) is 24.4 Å². The summed E-state index contributed by atoms with van der Waals surface area (Å²) in [6.45, 7) is 2.87. The van der Waals surface area contributed by atoms with E-state index in [1.54, 1.807) is 19.2 Å². The number of aromatic hydroxyl groups is 1. The highest BCUT2D eigenvalue weighted by atomic mass is 16.5. The van der Waals surface area contributed by atoms with Gasteiger partial charge in [0, 0.05) is 12.1 Å². The first-order valence-electron chi connectivity index (χ1n) is 8.48. The number of phenolic OH excluding ortho intramolecular Hbond substituents is 1. The Hall–Kier alpha value is -2.20. The summed E-state index contributed by atoms with van der Waals surface area (Å²) < 4.78 is 11.3. The van der Waals surface area contributed by atoms with E-state index >= 15 is 0 Å². The number of nitrogens with one attached hydrogen (secondary N) is 1. The second-order valence-corrected chi connectivity index (χ2v) is 6.43. The lowest BCUT2D eigenvalue weighted by molar-refractivity contribution is 0.217. The van der Waals surface area contributed by atoms with E-state index in [4.69, 9.17) is 9.47 Å². The Morgan fingerprint density at radius 1 is 1.25 bits per heavy atom. The van der Waals surface area contributed by atoms with E-state index in [2.05, 4.69) is 18.3 Å². The Bertz CT molecular complexity index is 669. The van der Waals surface area contributed by atoms with Gasteiger partial charge in [0.05, 0.1) is 7.11 Å². The summed E-state index contributed by atoms with van der Waals surface area (Å²) in [4.78, 5) is 0. The summed E-state index contributed by atoms with van der Waals surface area (Å²) in [5.74, 6) is 2.01. The number of ether oxygens (including phenoxy) is 2. The van der Waals surface area contributed by atoms with Gasteiger partial charge in [-0.3, -0.25) is 0 Å². The quantitative estimate of drug-likeness (QED) is 0.854. The van der Waals surface area contributed by atoms with E-state index < -0.39 is 0 Å². The van der Waals surface area contributed by atoms with E-state index in [1.807, 2.05) is 24.3 Å². The number of aryl methyl sites for hydroxylation is 1. The Morgan fingerprint density at radius 3 is 2.79 bits per heavy atom. The maximum absolute atomic E-state index is 9.33. The first kappa shape index (κ1) is 16.7. The van der Waals surface area contributed by atoms with Crippen LogP contribution in [0.4, 0.5) is 0 Å². The van der Waals surface area contributed by atoms with Crippen LogP contribution in [0.1, 0.15) is 24.5 Å². The van der Waals surface area contributed by atoms with Crippen molar-refractivity contribution in [1.29, 1.82) is 0 Å². The molecule has 4 nitrogen and oxygen atoms in total. The number of fused-ring (bicyclic) bond motifs is 1. The van der Waals surface area contributed by atoms with Crippen molar-refractivity contribution in [3.8, 4) is 17.2 Å². The van der Waals surface area contributed by atoms with Crippen LogP contribution in [-0.4, -0.2) is 30.9 Å². The predicted octanol–water partition coefficient (Wildman–Crippen LogP) is 3.32. The third kappa shape index (κ3) is 4.01. The summed E-state index contributed by atoms with van der Waals surface area (Å²) in [6.07, 6.45) is 2.99. The number of phenols is 1. The number of hydrogen-bond donors (Lipinski definition) is 2. The molecule has 0 saturated heterocycles. The molecule has 0 aliphatic carbocycles. The highest BCUT2D eigenvalue weighted by molar-refractivity contribution is 5.48. The number of methoxy groups -OCH3 is 1. The lowest BCUT2D eigenvalue weighted by Crippen LogP contribution is -2.44. The van der Waals surface area contributed by atoms with Gasteiger partial charge >= 0.3 is 0 Å². The predicted molar refractivity (Wildman–Crippen MR) is 95.0 cm³/mol. The molecule has 128 valence electrons. The van der Waals surface area contributed by atoms with Gasteiger partial charge in [0.2, 0.25) is 0 Å². The molecule has 1 heterocycles. The summed E-state index contributed by atoms with van der Waals surface area (Å²) >= 11 is 0. The third-order valence-corrected chi connectivity index (χ3v) is 4.50. The Morgan fingerprint density at radius 2 is 2.04 bits per heavy atom. The van der Waals surface area contributed by atoms with Gasteiger partial charge in [-0.1, -0.05) is 24.3 Å². The molecule has 3 rings (SSSR count). The summed E-state index contributed by atoms with van der Waals surface area (Å²) in [6, 6.07) is 14.2. The fourth-order valence-corrected chi connectivity index (χ4v) is 3.19. The first-order valence-corrected chi connectivity index (χ1v) is 8.48. The molecule has 2 atom stereocenters.